The van der Waals surface area contributed by atoms with E-state index in [2.05, 4.69) is 11.4 Å². The Kier molecular flexibility index (Phi) is 7.58. The van der Waals surface area contributed by atoms with Crippen molar-refractivity contribution in [3.8, 4) is 6.07 Å². The van der Waals surface area contributed by atoms with Gasteiger partial charge < -0.3 is 24.3 Å². The fraction of sp³-hybridized carbons (Fsp3) is 0.517. The lowest BCUT2D eigenvalue weighted by Gasteiger charge is -2.43. The maximum atomic E-state index is 13.7. The summed E-state index contributed by atoms with van der Waals surface area (Å²) >= 11 is 6.17. The Labute approximate surface area is 223 Å². The number of nitrogens with one attached hydrogen (secondary N) is 1. The lowest BCUT2D eigenvalue weighted by atomic mass is 9.78. The summed E-state index contributed by atoms with van der Waals surface area (Å²) in [6.07, 6.45) is 1.87. The number of carbonyl (C=O) groups excluding carboxylic acids is 1. The quantitative estimate of drug-likeness (QED) is 0.502. The van der Waals surface area contributed by atoms with Crippen LogP contribution in [0.4, 0.5) is 0 Å². The van der Waals surface area contributed by atoms with E-state index in [4.69, 9.17) is 35.8 Å². The summed E-state index contributed by atoms with van der Waals surface area (Å²) < 4.78 is 25.4. The van der Waals surface area contributed by atoms with E-state index in [-0.39, 0.29) is 24.7 Å². The lowest BCUT2D eigenvalue weighted by molar-refractivity contribution is -0.183. The molecule has 0 bridgehead atoms. The third-order valence-electron chi connectivity index (χ3n) is 7.26. The van der Waals surface area contributed by atoms with E-state index >= 15 is 0 Å². The number of nitriles is 1. The van der Waals surface area contributed by atoms with Gasteiger partial charge in [-0.2, -0.15) is 5.26 Å². The molecule has 1 saturated heterocycles. The zero-order valence-corrected chi connectivity index (χ0v) is 22.0. The fourth-order valence-electron chi connectivity index (χ4n) is 5.16. The average Bonchev–Trinajstić information content (AvgIpc) is 3.65. The monoisotopic (exact) mass is 524 g/mol. The number of benzene rings is 2. The van der Waals surface area contributed by atoms with Crippen LogP contribution in [0.1, 0.15) is 56.2 Å². The van der Waals surface area contributed by atoms with E-state index in [9.17, 15) is 4.79 Å². The highest BCUT2D eigenvalue weighted by Crippen LogP contribution is 2.44. The van der Waals surface area contributed by atoms with Crippen molar-refractivity contribution in [1.29, 1.82) is 5.26 Å². The Bertz CT molecular complexity index is 1160. The van der Waals surface area contributed by atoms with Crippen LogP contribution in [0.2, 0.25) is 5.02 Å². The van der Waals surface area contributed by atoms with Crippen molar-refractivity contribution < 1.29 is 23.7 Å². The molecule has 4 atom stereocenters. The fourth-order valence-corrected chi connectivity index (χ4v) is 5.37. The summed E-state index contributed by atoms with van der Waals surface area (Å²) in [4.78, 5) is 13.7. The molecule has 8 heteroatoms. The van der Waals surface area contributed by atoms with Gasteiger partial charge in [0.15, 0.2) is 11.4 Å². The summed E-state index contributed by atoms with van der Waals surface area (Å²) in [6.45, 7) is 4.96. The molecule has 0 radical (unpaired) electrons. The first-order valence-electron chi connectivity index (χ1n) is 12.9. The van der Waals surface area contributed by atoms with Crippen molar-refractivity contribution >= 4 is 17.5 Å². The highest BCUT2D eigenvalue weighted by molar-refractivity contribution is 6.30. The van der Waals surface area contributed by atoms with E-state index in [1.807, 2.05) is 50.2 Å². The van der Waals surface area contributed by atoms with Crippen molar-refractivity contribution in [3.05, 3.63) is 70.2 Å². The van der Waals surface area contributed by atoms with Gasteiger partial charge in [0, 0.05) is 24.4 Å². The maximum Gasteiger partial charge on any atom is 0.252 e. The summed E-state index contributed by atoms with van der Waals surface area (Å²) in [5.41, 5.74) is 1.26. The molecule has 2 aliphatic carbocycles. The van der Waals surface area contributed by atoms with Crippen LogP contribution >= 0.6 is 11.6 Å². The molecule has 0 spiro atoms. The molecule has 3 fully saturated rings. The van der Waals surface area contributed by atoms with Gasteiger partial charge in [-0.1, -0.05) is 35.9 Å². The van der Waals surface area contributed by atoms with Gasteiger partial charge in [-0.05, 0) is 68.0 Å². The number of fused-ring (bicyclic) bond motifs is 1. The molecule has 196 valence electrons. The van der Waals surface area contributed by atoms with E-state index in [0.717, 1.165) is 24.0 Å². The predicted molar refractivity (Wildman–Crippen MR) is 137 cm³/mol. The predicted octanol–water partition coefficient (Wildman–Crippen LogP) is 4.89. The van der Waals surface area contributed by atoms with Crippen LogP contribution in [-0.2, 0) is 37.0 Å². The molecule has 1 amide bonds. The van der Waals surface area contributed by atoms with Gasteiger partial charge in [0.05, 0.1) is 37.1 Å². The second-order valence-corrected chi connectivity index (χ2v) is 11.2. The van der Waals surface area contributed by atoms with Gasteiger partial charge in [0.25, 0.3) is 5.91 Å². The number of amides is 1. The van der Waals surface area contributed by atoms with Crippen LogP contribution < -0.4 is 5.32 Å². The molecule has 2 saturated carbocycles. The molecule has 7 nitrogen and oxygen atoms in total. The highest BCUT2D eigenvalue weighted by atomic mass is 35.5. The molecule has 5 rings (SSSR count). The SMILES string of the molecule is CC1(C)O[C@@H]2C[C@@](OCc3ccc(C#N)cc3)(C(=O)NCC3CC3)CC(OCc3cccc(Cl)c3)[C@@H]2O1. The van der Waals surface area contributed by atoms with Crippen LogP contribution in [0.15, 0.2) is 48.5 Å². The largest absolute Gasteiger partial charge is 0.371 e. The molecular weight excluding hydrogens is 492 g/mol. The Morgan fingerprint density at radius 2 is 1.89 bits per heavy atom. The Hall–Kier alpha value is -2.47. The number of carbonyl (C=O) groups is 1. The first-order valence-corrected chi connectivity index (χ1v) is 13.3. The second kappa shape index (κ2) is 10.7. The van der Waals surface area contributed by atoms with E-state index in [0.29, 0.717) is 42.5 Å². The van der Waals surface area contributed by atoms with Crippen molar-refractivity contribution in [3.63, 3.8) is 0 Å². The second-order valence-electron chi connectivity index (χ2n) is 10.8. The minimum atomic E-state index is -1.15. The van der Waals surface area contributed by atoms with Crippen LogP contribution in [-0.4, -0.2) is 42.2 Å². The topological polar surface area (TPSA) is 89.8 Å². The van der Waals surface area contributed by atoms with Crippen molar-refractivity contribution in [2.45, 2.75) is 82.4 Å². The van der Waals surface area contributed by atoms with Crippen LogP contribution in [0.5, 0.6) is 0 Å². The number of rotatable bonds is 9. The first kappa shape index (κ1) is 26.1. The molecule has 1 N–H and O–H groups in total. The zero-order chi connectivity index (χ0) is 26.0. The van der Waals surface area contributed by atoms with Crippen LogP contribution in [0.25, 0.3) is 0 Å². The molecular formula is C29H33ClN2O5. The van der Waals surface area contributed by atoms with Gasteiger partial charge in [-0.25, -0.2) is 0 Å². The van der Waals surface area contributed by atoms with Gasteiger partial charge in [0.2, 0.25) is 0 Å². The third kappa shape index (κ3) is 6.34. The normalized spacial score (nSPS) is 28.3. The molecule has 1 unspecified atom stereocenters. The molecule has 1 heterocycles. The van der Waals surface area contributed by atoms with Gasteiger partial charge in [0.1, 0.15) is 6.10 Å². The summed E-state index contributed by atoms with van der Waals surface area (Å²) in [5.74, 6) is -0.396. The van der Waals surface area contributed by atoms with Crippen molar-refractivity contribution in [2.24, 2.45) is 5.92 Å². The lowest BCUT2D eigenvalue weighted by Crippen LogP contribution is -2.60. The van der Waals surface area contributed by atoms with Gasteiger partial charge in [-0.3, -0.25) is 4.79 Å². The molecule has 2 aromatic carbocycles. The third-order valence-corrected chi connectivity index (χ3v) is 7.50. The minimum absolute atomic E-state index is 0.142. The van der Waals surface area contributed by atoms with E-state index in [1.54, 1.807) is 12.1 Å². The standard InChI is InChI=1S/C29H33ClN2O5/c1-28(2)36-25-14-29(27(33)32-16-20-8-9-20,35-18-21-10-6-19(15-31)7-11-21)13-24(26(25)37-28)34-17-22-4-3-5-23(30)12-22/h3-7,10-12,20,24-26H,8-9,13-14,16-18H2,1-2H3,(H,32,33)/t24?,25-,26+,29-/m1/s1. The van der Waals surface area contributed by atoms with Crippen LogP contribution in [0.3, 0.4) is 0 Å². The Morgan fingerprint density at radius 3 is 2.59 bits per heavy atom. The van der Waals surface area contributed by atoms with Gasteiger partial charge in [-0.15, -0.1) is 0 Å². The summed E-state index contributed by atoms with van der Waals surface area (Å²) in [6, 6.07) is 16.9. The molecule has 37 heavy (non-hydrogen) atoms. The minimum Gasteiger partial charge on any atom is -0.371 e. The number of nitrogens with zero attached hydrogens (tertiary/aromatic N) is 1. The smallest absolute Gasteiger partial charge is 0.252 e. The average molecular weight is 525 g/mol. The molecule has 1 aliphatic heterocycles. The Balaban J connectivity index is 1.39. The summed E-state index contributed by atoms with van der Waals surface area (Å²) in [5, 5.41) is 12.9. The van der Waals surface area contributed by atoms with Crippen LogP contribution in [0, 0.1) is 17.2 Å². The number of ether oxygens (including phenoxy) is 4. The number of hydrogen-bond acceptors (Lipinski definition) is 6. The molecule has 3 aliphatic rings. The molecule has 0 aromatic heterocycles. The van der Waals surface area contributed by atoms with E-state index < -0.39 is 17.5 Å². The maximum absolute atomic E-state index is 13.7. The first-order chi connectivity index (χ1) is 17.7. The van der Waals surface area contributed by atoms with Crippen molar-refractivity contribution in [2.75, 3.05) is 6.54 Å². The summed E-state index contributed by atoms with van der Waals surface area (Å²) in [7, 11) is 0. The number of halogens is 1. The Morgan fingerprint density at radius 1 is 1.11 bits per heavy atom. The highest BCUT2D eigenvalue weighted by Gasteiger charge is 2.58. The number of hydrogen-bond donors (Lipinski definition) is 1. The van der Waals surface area contributed by atoms with Gasteiger partial charge >= 0.3 is 0 Å². The van der Waals surface area contributed by atoms with Crippen molar-refractivity contribution in [1.82, 2.24) is 5.32 Å². The molecule has 2 aromatic rings. The zero-order valence-electron chi connectivity index (χ0n) is 21.2. The van der Waals surface area contributed by atoms with E-state index in [1.165, 1.54) is 0 Å².